The summed E-state index contributed by atoms with van der Waals surface area (Å²) in [6.07, 6.45) is 0. The molecule has 1 heterocycles. The average Bonchev–Trinajstić information content (AvgIpc) is 2.62. The van der Waals surface area contributed by atoms with Crippen molar-refractivity contribution in [2.45, 2.75) is 0 Å². The van der Waals surface area contributed by atoms with Crippen LogP contribution in [0.3, 0.4) is 0 Å². The minimum absolute atomic E-state index is 0.103. The van der Waals surface area contributed by atoms with Gasteiger partial charge in [0.1, 0.15) is 11.6 Å². The SMILES string of the molecule is Fc1ccc(Oc2nn[nH]n2)cc1. The number of aromatic amines is 1. The van der Waals surface area contributed by atoms with Crippen LogP contribution in [0.5, 0.6) is 11.8 Å². The fourth-order valence-electron chi connectivity index (χ4n) is 0.804. The van der Waals surface area contributed by atoms with Crippen LogP contribution in [0.2, 0.25) is 0 Å². The second-order valence-electron chi connectivity index (χ2n) is 2.25. The minimum Gasteiger partial charge on any atom is -0.422 e. The molecule has 0 radical (unpaired) electrons. The molecule has 1 aromatic carbocycles. The van der Waals surface area contributed by atoms with Gasteiger partial charge in [0.2, 0.25) is 0 Å². The lowest BCUT2D eigenvalue weighted by Crippen LogP contribution is -1.86. The fourth-order valence-corrected chi connectivity index (χ4v) is 0.804. The molecular weight excluding hydrogens is 175 g/mol. The molecule has 0 unspecified atom stereocenters. The largest absolute Gasteiger partial charge is 0.422 e. The normalized spacial score (nSPS) is 9.92. The molecule has 66 valence electrons. The lowest BCUT2D eigenvalue weighted by molar-refractivity contribution is 0.441. The molecule has 0 aliphatic carbocycles. The van der Waals surface area contributed by atoms with Gasteiger partial charge in [-0.05, 0) is 29.5 Å². The van der Waals surface area contributed by atoms with Gasteiger partial charge in [-0.2, -0.15) is 5.21 Å². The number of hydrogen-bond donors (Lipinski definition) is 1. The molecule has 0 aliphatic heterocycles. The predicted molar refractivity (Wildman–Crippen MR) is 40.7 cm³/mol. The summed E-state index contributed by atoms with van der Waals surface area (Å²) in [7, 11) is 0. The van der Waals surface area contributed by atoms with Crippen LogP contribution in [-0.2, 0) is 0 Å². The Morgan fingerprint density at radius 3 is 2.62 bits per heavy atom. The summed E-state index contributed by atoms with van der Waals surface area (Å²) in [4.78, 5) is 0. The second-order valence-corrected chi connectivity index (χ2v) is 2.25. The number of nitrogens with zero attached hydrogens (tertiary/aromatic N) is 3. The molecule has 1 N–H and O–H groups in total. The number of tetrazole rings is 1. The van der Waals surface area contributed by atoms with Crippen LogP contribution in [0.1, 0.15) is 0 Å². The van der Waals surface area contributed by atoms with E-state index in [1.54, 1.807) is 0 Å². The Labute approximate surface area is 72.5 Å². The summed E-state index contributed by atoms with van der Waals surface area (Å²) < 4.78 is 17.6. The molecule has 0 atom stereocenters. The lowest BCUT2D eigenvalue weighted by atomic mass is 10.3. The molecule has 0 fully saturated rings. The van der Waals surface area contributed by atoms with Gasteiger partial charge in [0.15, 0.2) is 0 Å². The molecule has 0 spiro atoms. The summed E-state index contributed by atoms with van der Waals surface area (Å²) in [6.45, 7) is 0. The zero-order valence-corrected chi connectivity index (χ0v) is 6.44. The van der Waals surface area contributed by atoms with Crippen LogP contribution < -0.4 is 4.74 Å². The van der Waals surface area contributed by atoms with Crippen molar-refractivity contribution in [2.75, 3.05) is 0 Å². The smallest absolute Gasteiger partial charge is 0.361 e. The Morgan fingerprint density at radius 1 is 1.23 bits per heavy atom. The van der Waals surface area contributed by atoms with E-state index < -0.39 is 0 Å². The van der Waals surface area contributed by atoms with E-state index in [0.717, 1.165) is 0 Å². The third-order valence-electron chi connectivity index (χ3n) is 1.35. The second kappa shape index (κ2) is 3.18. The highest BCUT2D eigenvalue weighted by atomic mass is 19.1. The van der Waals surface area contributed by atoms with E-state index in [1.165, 1.54) is 24.3 Å². The number of nitrogens with one attached hydrogen (secondary N) is 1. The first kappa shape index (κ1) is 7.66. The maximum atomic E-state index is 12.5. The molecule has 2 rings (SSSR count). The van der Waals surface area contributed by atoms with Gasteiger partial charge in [0, 0.05) is 0 Å². The molecule has 6 heteroatoms. The Balaban J connectivity index is 2.15. The van der Waals surface area contributed by atoms with Gasteiger partial charge < -0.3 is 4.74 Å². The quantitative estimate of drug-likeness (QED) is 0.752. The Bertz CT molecular complexity index is 372. The summed E-state index contributed by atoms with van der Waals surface area (Å²) in [5.41, 5.74) is 0. The monoisotopic (exact) mass is 180 g/mol. The van der Waals surface area contributed by atoms with Gasteiger partial charge >= 0.3 is 6.01 Å². The number of rotatable bonds is 2. The van der Waals surface area contributed by atoms with Gasteiger partial charge in [-0.15, -0.1) is 0 Å². The van der Waals surface area contributed by atoms with Crippen LogP contribution in [0.25, 0.3) is 0 Å². The highest BCUT2D eigenvalue weighted by Gasteiger charge is 2.00. The van der Waals surface area contributed by atoms with Crippen molar-refractivity contribution in [1.29, 1.82) is 0 Å². The van der Waals surface area contributed by atoms with Crippen LogP contribution >= 0.6 is 0 Å². The van der Waals surface area contributed by atoms with E-state index in [-0.39, 0.29) is 11.8 Å². The van der Waals surface area contributed by atoms with Crippen molar-refractivity contribution in [1.82, 2.24) is 20.6 Å². The summed E-state index contributed by atoms with van der Waals surface area (Å²) in [5, 5.41) is 12.7. The molecule has 0 saturated carbocycles. The number of H-pyrrole nitrogens is 1. The molecule has 0 amide bonds. The van der Waals surface area contributed by atoms with Gasteiger partial charge in [-0.1, -0.05) is 10.2 Å². The maximum Gasteiger partial charge on any atom is 0.361 e. The zero-order valence-electron chi connectivity index (χ0n) is 6.44. The predicted octanol–water partition coefficient (Wildman–Crippen LogP) is 1.13. The van der Waals surface area contributed by atoms with Crippen molar-refractivity contribution in [3.63, 3.8) is 0 Å². The first-order chi connectivity index (χ1) is 6.34. The average molecular weight is 180 g/mol. The van der Waals surface area contributed by atoms with E-state index in [4.69, 9.17) is 4.74 Å². The van der Waals surface area contributed by atoms with Crippen LogP contribution in [-0.4, -0.2) is 20.6 Å². The number of halogens is 1. The van der Waals surface area contributed by atoms with Crippen molar-refractivity contribution < 1.29 is 9.13 Å². The van der Waals surface area contributed by atoms with Crippen LogP contribution in [0, 0.1) is 5.82 Å². The number of ether oxygens (including phenoxy) is 1. The number of hydrogen-bond acceptors (Lipinski definition) is 4. The van der Waals surface area contributed by atoms with Gasteiger partial charge in [0.05, 0.1) is 0 Å². The highest BCUT2D eigenvalue weighted by molar-refractivity contribution is 5.24. The molecule has 0 aliphatic rings. The van der Waals surface area contributed by atoms with E-state index >= 15 is 0 Å². The van der Waals surface area contributed by atoms with Crippen molar-refractivity contribution >= 4 is 0 Å². The molecular formula is C7H5FN4O. The fraction of sp³-hybridized carbons (Fsp3) is 0. The van der Waals surface area contributed by atoms with Crippen molar-refractivity contribution in [3.05, 3.63) is 30.1 Å². The van der Waals surface area contributed by atoms with Gasteiger partial charge in [0.25, 0.3) is 0 Å². The van der Waals surface area contributed by atoms with E-state index in [9.17, 15) is 4.39 Å². The topological polar surface area (TPSA) is 63.7 Å². The van der Waals surface area contributed by atoms with E-state index in [0.29, 0.717) is 5.75 Å². The lowest BCUT2D eigenvalue weighted by Gasteiger charge is -1.97. The van der Waals surface area contributed by atoms with Gasteiger partial charge in [-0.3, -0.25) is 0 Å². The van der Waals surface area contributed by atoms with Crippen LogP contribution in [0.15, 0.2) is 24.3 Å². The van der Waals surface area contributed by atoms with E-state index in [1.807, 2.05) is 0 Å². The molecule has 5 nitrogen and oxygen atoms in total. The Morgan fingerprint density at radius 2 is 2.00 bits per heavy atom. The molecule has 1 aromatic heterocycles. The molecule has 0 bridgehead atoms. The minimum atomic E-state index is -0.319. The Hall–Kier alpha value is -1.98. The van der Waals surface area contributed by atoms with Gasteiger partial charge in [-0.25, -0.2) is 4.39 Å². The molecule has 0 saturated heterocycles. The Kier molecular flexibility index (Phi) is 1.87. The standard InChI is InChI=1S/C7H5FN4O/c8-5-1-3-6(4-2-5)13-7-9-11-12-10-7/h1-4H,(H,9,10,11,12). The summed E-state index contributed by atoms with van der Waals surface area (Å²) in [6, 6.07) is 5.63. The van der Waals surface area contributed by atoms with E-state index in [2.05, 4.69) is 20.6 Å². The van der Waals surface area contributed by atoms with Crippen molar-refractivity contribution in [3.8, 4) is 11.8 Å². The third-order valence-corrected chi connectivity index (χ3v) is 1.35. The first-order valence-electron chi connectivity index (χ1n) is 3.51. The molecule has 2 aromatic rings. The number of benzene rings is 1. The van der Waals surface area contributed by atoms with Crippen molar-refractivity contribution in [2.24, 2.45) is 0 Å². The van der Waals surface area contributed by atoms with Crippen LogP contribution in [0.4, 0.5) is 4.39 Å². The summed E-state index contributed by atoms with van der Waals surface area (Å²) in [5.74, 6) is 0.142. The maximum absolute atomic E-state index is 12.5. The number of aromatic nitrogens is 4. The first-order valence-corrected chi connectivity index (χ1v) is 3.51. The molecule has 13 heavy (non-hydrogen) atoms. The zero-order chi connectivity index (χ0) is 9.10. The highest BCUT2D eigenvalue weighted by Crippen LogP contribution is 2.15. The third kappa shape index (κ3) is 1.78. The summed E-state index contributed by atoms with van der Waals surface area (Å²) >= 11 is 0.